The molecule has 2 N–H and O–H groups in total. The molecule has 0 saturated carbocycles. The topological polar surface area (TPSA) is 62.2 Å². The van der Waals surface area contributed by atoms with E-state index in [1.54, 1.807) is 23.1 Å². The second kappa shape index (κ2) is 6.73. The summed E-state index contributed by atoms with van der Waals surface area (Å²) in [5, 5.41) is 14.1. The Kier molecular flexibility index (Phi) is 4.98. The van der Waals surface area contributed by atoms with Gasteiger partial charge in [-0.05, 0) is 43.4 Å². The minimum atomic E-state index is -0.222. The average Bonchev–Trinajstić information content (AvgIpc) is 3.00. The van der Waals surface area contributed by atoms with E-state index in [-0.39, 0.29) is 12.1 Å². The van der Waals surface area contributed by atoms with Crippen LogP contribution in [0.5, 0.6) is 0 Å². The van der Waals surface area contributed by atoms with Gasteiger partial charge in [0.05, 0.1) is 11.7 Å². The average molecular weight is 307 g/mol. The fraction of sp³-hybridized carbons (Fsp3) is 0.429. The molecule has 1 atom stereocenters. The maximum absolute atomic E-state index is 12.0. The number of rotatable bonds is 5. The molecule has 2 heterocycles. The smallest absolute Gasteiger partial charge is 0.320 e. The van der Waals surface area contributed by atoms with Crippen molar-refractivity contribution in [2.45, 2.75) is 13.0 Å². The van der Waals surface area contributed by atoms with Crippen LogP contribution in [0.15, 0.2) is 22.9 Å². The van der Waals surface area contributed by atoms with Crippen molar-refractivity contribution in [3.8, 4) is 0 Å². The van der Waals surface area contributed by atoms with Gasteiger partial charge in [0.2, 0.25) is 0 Å². The van der Waals surface area contributed by atoms with E-state index in [1.807, 2.05) is 32.5 Å². The number of aromatic nitrogens is 2. The number of hydrogen-bond acceptors (Lipinski definition) is 4. The van der Waals surface area contributed by atoms with Crippen molar-refractivity contribution in [2.75, 3.05) is 26.0 Å². The number of nitrogens with zero attached hydrogens (tertiary/aromatic N) is 3. The van der Waals surface area contributed by atoms with E-state index in [4.69, 9.17) is 0 Å². The molecule has 0 aliphatic heterocycles. The van der Waals surface area contributed by atoms with Gasteiger partial charge in [-0.1, -0.05) is 0 Å². The van der Waals surface area contributed by atoms with E-state index < -0.39 is 0 Å². The van der Waals surface area contributed by atoms with Gasteiger partial charge in [0.15, 0.2) is 0 Å². The maximum Gasteiger partial charge on any atom is 0.320 e. The Morgan fingerprint density at radius 1 is 1.52 bits per heavy atom. The van der Waals surface area contributed by atoms with Crippen molar-refractivity contribution in [1.29, 1.82) is 0 Å². The van der Waals surface area contributed by atoms with Crippen LogP contribution in [-0.4, -0.2) is 41.4 Å². The molecular formula is C14H21N5OS. The summed E-state index contributed by atoms with van der Waals surface area (Å²) in [4.78, 5) is 14.1. The number of thiophene rings is 1. The van der Waals surface area contributed by atoms with E-state index in [9.17, 15) is 4.79 Å². The number of aryl methyl sites for hydroxylation is 2. The Labute approximate surface area is 128 Å². The van der Waals surface area contributed by atoms with Crippen molar-refractivity contribution in [1.82, 2.24) is 20.0 Å². The summed E-state index contributed by atoms with van der Waals surface area (Å²) in [6, 6.07) is 3.86. The van der Waals surface area contributed by atoms with Gasteiger partial charge in [-0.3, -0.25) is 10.00 Å². The molecule has 2 rings (SSSR count). The summed E-state index contributed by atoms with van der Waals surface area (Å²) in [5.74, 6) is 0.682. The van der Waals surface area contributed by atoms with Crippen LogP contribution in [-0.2, 0) is 7.05 Å². The molecule has 114 valence electrons. The first-order valence-electron chi connectivity index (χ1n) is 6.71. The Hall–Kier alpha value is -1.86. The Balaban J connectivity index is 1.92. The molecule has 0 bridgehead atoms. The third kappa shape index (κ3) is 4.05. The summed E-state index contributed by atoms with van der Waals surface area (Å²) < 4.78 is 1.65. The highest BCUT2D eigenvalue weighted by Crippen LogP contribution is 2.20. The third-order valence-corrected chi connectivity index (χ3v) is 3.95. The van der Waals surface area contributed by atoms with Gasteiger partial charge in [0.25, 0.3) is 0 Å². The van der Waals surface area contributed by atoms with Gasteiger partial charge in [-0.25, -0.2) is 4.79 Å². The van der Waals surface area contributed by atoms with E-state index >= 15 is 0 Å². The standard InChI is InChI=1S/C14H21N5OS/c1-10-7-13(19(4)17-10)16-14(20)15-8-12(18(2)3)11-5-6-21-9-11/h5-7,9,12H,8H2,1-4H3,(H2,15,16,20)/t12-/m1/s1. The number of carbonyl (C=O) groups excluding carboxylic acids is 1. The van der Waals surface area contributed by atoms with E-state index in [0.29, 0.717) is 12.4 Å². The maximum atomic E-state index is 12.0. The lowest BCUT2D eigenvalue weighted by Crippen LogP contribution is -2.37. The van der Waals surface area contributed by atoms with Crippen LogP contribution >= 0.6 is 11.3 Å². The minimum Gasteiger partial charge on any atom is -0.336 e. The van der Waals surface area contributed by atoms with Gasteiger partial charge < -0.3 is 10.2 Å². The van der Waals surface area contributed by atoms with Crippen LogP contribution in [0.4, 0.5) is 10.6 Å². The summed E-state index contributed by atoms with van der Waals surface area (Å²) >= 11 is 1.66. The first kappa shape index (κ1) is 15.5. The molecule has 21 heavy (non-hydrogen) atoms. The van der Waals surface area contributed by atoms with E-state index in [1.165, 1.54) is 5.56 Å². The first-order valence-corrected chi connectivity index (χ1v) is 7.65. The second-order valence-corrected chi connectivity index (χ2v) is 5.95. The van der Waals surface area contributed by atoms with Crippen LogP contribution in [0.1, 0.15) is 17.3 Å². The van der Waals surface area contributed by atoms with E-state index in [0.717, 1.165) is 5.69 Å². The molecular weight excluding hydrogens is 286 g/mol. The highest BCUT2D eigenvalue weighted by molar-refractivity contribution is 7.07. The molecule has 2 amide bonds. The van der Waals surface area contributed by atoms with Gasteiger partial charge in [0.1, 0.15) is 5.82 Å². The number of carbonyl (C=O) groups is 1. The van der Waals surface area contributed by atoms with Gasteiger partial charge in [0, 0.05) is 19.7 Å². The Morgan fingerprint density at radius 3 is 2.81 bits per heavy atom. The van der Waals surface area contributed by atoms with Crippen molar-refractivity contribution in [3.05, 3.63) is 34.2 Å². The minimum absolute atomic E-state index is 0.162. The summed E-state index contributed by atoms with van der Waals surface area (Å²) in [6.07, 6.45) is 0. The predicted molar refractivity (Wildman–Crippen MR) is 85.7 cm³/mol. The van der Waals surface area contributed by atoms with Crippen LogP contribution in [0, 0.1) is 6.92 Å². The lowest BCUT2D eigenvalue weighted by molar-refractivity contribution is 0.243. The van der Waals surface area contributed by atoms with Gasteiger partial charge >= 0.3 is 6.03 Å². The molecule has 7 heteroatoms. The molecule has 6 nitrogen and oxygen atoms in total. The van der Waals surface area contributed by atoms with Crippen LogP contribution in [0.25, 0.3) is 0 Å². The zero-order valence-electron chi connectivity index (χ0n) is 12.8. The molecule has 0 unspecified atom stereocenters. The monoisotopic (exact) mass is 307 g/mol. The Morgan fingerprint density at radius 2 is 2.29 bits per heavy atom. The highest BCUT2D eigenvalue weighted by Gasteiger charge is 2.16. The zero-order valence-corrected chi connectivity index (χ0v) is 13.6. The third-order valence-electron chi connectivity index (χ3n) is 3.25. The lowest BCUT2D eigenvalue weighted by atomic mass is 10.1. The van der Waals surface area contributed by atoms with Gasteiger partial charge in [-0.2, -0.15) is 16.4 Å². The molecule has 0 radical (unpaired) electrons. The van der Waals surface area contributed by atoms with E-state index in [2.05, 4.69) is 32.1 Å². The molecule has 2 aromatic heterocycles. The molecule has 0 fully saturated rings. The van der Waals surface area contributed by atoms with Crippen LogP contribution in [0.2, 0.25) is 0 Å². The molecule has 0 aliphatic rings. The van der Waals surface area contributed by atoms with Crippen molar-refractivity contribution >= 4 is 23.2 Å². The number of anilines is 1. The molecule has 0 saturated heterocycles. The summed E-state index contributed by atoms with van der Waals surface area (Å²) in [5.41, 5.74) is 2.08. The van der Waals surface area contributed by atoms with Crippen LogP contribution in [0.3, 0.4) is 0 Å². The first-order chi connectivity index (χ1) is 9.97. The highest BCUT2D eigenvalue weighted by atomic mass is 32.1. The fourth-order valence-corrected chi connectivity index (χ4v) is 2.85. The second-order valence-electron chi connectivity index (χ2n) is 5.17. The normalized spacial score (nSPS) is 12.4. The number of amides is 2. The fourth-order valence-electron chi connectivity index (χ4n) is 2.14. The number of hydrogen-bond donors (Lipinski definition) is 2. The molecule has 2 aromatic rings. The molecule has 0 aliphatic carbocycles. The lowest BCUT2D eigenvalue weighted by Gasteiger charge is -2.24. The number of likely N-dealkylation sites (N-methyl/N-ethyl adjacent to an activating group) is 1. The SMILES string of the molecule is Cc1cc(NC(=O)NC[C@H](c2ccsc2)N(C)C)n(C)n1. The van der Waals surface area contributed by atoms with Crippen molar-refractivity contribution in [2.24, 2.45) is 7.05 Å². The van der Waals surface area contributed by atoms with Crippen LogP contribution < -0.4 is 10.6 Å². The quantitative estimate of drug-likeness (QED) is 0.890. The van der Waals surface area contributed by atoms with Gasteiger partial charge in [-0.15, -0.1) is 0 Å². The van der Waals surface area contributed by atoms with Crippen molar-refractivity contribution < 1.29 is 4.79 Å². The Bertz CT molecular complexity index is 591. The zero-order chi connectivity index (χ0) is 15.4. The summed E-state index contributed by atoms with van der Waals surface area (Å²) in [7, 11) is 5.81. The number of nitrogens with one attached hydrogen (secondary N) is 2. The number of urea groups is 1. The van der Waals surface area contributed by atoms with Crippen molar-refractivity contribution in [3.63, 3.8) is 0 Å². The molecule has 0 spiro atoms. The largest absolute Gasteiger partial charge is 0.336 e. The molecule has 0 aromatic carbocycles. The summed E-state index contributed by atoms with van der Waals surface area (Å²) in [6.45, 7) is 2.44. The predicted octanol–water partition coefficient (Wildman–Crippen LogP) is 2.21.